The van der Waals surface area contributed by atoms with Gasteiger partial charge in [-0.2, -0.15) is 0 Å². The third kappa shape index (κ3) is 7.60. The van der Waals surface area contributed by atoms with Crippen molar-refractivity contribution >= 4 is 11.8 Å². The van der Waals surface area contributed by atoms with Gasteiger partial charge in [0.1, 0.15) is 11.9 Å². The van der Waals surface area contributed by atoms with Crippen molar-refractivity contribution < 1.29 is 27.5 Å². The second-order valence-corrected chi connectivity index (χ2v) is 7.84. The van der Waals surface area contributed by atoms with Crippen molar-refractivity contribution in [1.29, 1.82) is 0 Å². The first-order valence-corrected chi connectivity index (χ1v) is 10.1. The molecule has 0 aromatic heterocycles. The maximum Gasteiger partial charge on any atom is 0.245 e. The van der Waals surface area contributed by atoms with Crippen LogP contribution in [0.2, 0.25) is 0 Å². The number of hydrogen-bond acceptors (Lipinski definition) is 4. The number of carbonyl (C=O) groups excluding carboxylic acids is 2. The highest BCUT2D eigenvalue weighted by atomic mass is 19.2. The topological polar surface area (TPSA) is 84.7 Å². The Kier molecular flexibility index (Phi) is 9.77. The van der Waals surface area contributed by atoms with E-state index in [0.717, 1.165) is 6.07 Å². The highest BCUT2D eigenvalue weighted by Crippen LogP contribution is 2.17. The highest BCUT2D eigenvalue weighted by molar-refractivity contribution is 5.89. The Morgan fingerprint density at radius 2 is 1.83 bits per heavy atom. The number of benzene rings is 1. The molecule has 30 heavy (non-hydrogen) atoms. The maximum absolute atomic E-state index is 13.8. The number of nitrogens with zero attached hydrogens (tertiary/aromatic N) is 1. The zero-order chi connectivity index (χ0) is 23.1. The standard InChI is InChI=1S/C19H26F3N3O3.C2H6/c1-19(2,3)28-10-16-18(27)24-4-5-25(16)17(26)8-12(23)6-11-7-14(21)15(22)9-13(11)20;1-2/h7,9,12,16H,4-6,8,10,23H2,1-3H3,(H,24,27);1-2H3/t12?,16-;/m1./s1. The van der Waals surface area contributed by atoms with Gasteiger partial charge in [-0.05, 0) is 38.8 Å². The Labute approximate surface area is 175 Å². The van der Waals surface area contributed by atoms with Gasteiger partial charge >= 0.3 is 0 Å². The first kappa shape index (κ1) is 25.9. The lowest BCUT2D eigenvalue weighted by molar-refractivity contribution is -0.148. The molecule has 1 aliphatic rings. The minimum atomic E-state index is -1.29. The zero-order valence-electron chi connectivity index (χ0n) is 18.2. The van der Waals surface area contributed by atoms with Crippen molar-refractivity contribution in [3.63, 3.8) is 0 Å². The van der Waals surface area contributed by atoms with Crippen LogP contribution in [-0.2, 0) is 20.7 Å². The number of piperazine rings is 1. The van der Waals surface area contributed by atoms with Gasteiger partial charge in [0.2, 0.25) is 11.8 Å². The SMILES string of the molecule is CC.CC(C)(C)OC[C@@H]1C(=O)NCCN1C(=O)CC(N)Cc1cc(F)c(F)cc1F. The second-order valence-electron chi connectivity index (χ2n) is 7.84. The fourth-order valence-corrected chi connectivity index (χ4v) is 2.92. The van der Waals surface area contributed by atoms with E-state index in [-0.39, 0.29) is 36.8 Å². The summed E-state index contributed by atoms with van der Waals surface area (Å²) in [5.41, 5.74) is 5.34. The molecule has 2 rings (SSSR count). The average molecular weight is 431 g/mol. The molecule has 6 nitrogen and oxygen atoms in total. The van der Waals surface area contributed by atoms with Crippen LogP contribution in [0.25, 0.3) is 0 Å². The molecular weight excluding hydrogens is 399 g/mol. The summed E-state index contributed by atoms with van der Waals surface area (Å²) in [6.45, 7) is 10.2. The molecule has 0 aliphatic carbocycles. The summed E-state index contributed by atoms with van der Waals surface area (Å²) in [4.78, 5) is 26.2. The van der Waals surface area contributed by atoms with E-state index >= 15 is 0 Å². The molecule has 1 aliphatic heterocycles. The van der Waals surface area contributed by atoms with Crippen LogP contribution in [0.3, 0.4) is 0 Å². The molecule has 0 saturated carbocycles. The monoisotopic (exact) mass is 431 g/mol. The molecule has 1 unspecified atom stereocenters. The zero-order valence-corrected chi connectivity index (χ0v) is 18.2. The van der Waals surface area contributed by atoms with Crippen molar-refractivity contribution in [2.75, 3.05) is 19.7 Å². The van der Waals surface area contributed by atoms with E-state index in [0.29, 0.717) is 19.2 Å². The van der Waals surface area contributed by atoms with Gasteiger partial charge in [-0.3, -0.25) is 9.59 Å². The minimum absolute atomic E-state index is 0.0358. The molecule has 0 spiro atoms. The summed E-state index contributed by atoms with van der Waals surface area (Å²) < 4.78 is 45.8. The number of amides is 2. The van der Waals surface area contributed by atoms with Crippen LogP contribution >= 0.6 is 0 Å². The van der Waals surface area contributed by atoms with E-state index in [2.05, 4.69) is 5.32 Å². The Morgan fingerprint density at radius 3 is 2.43 bits per heavy atom. The molecule has 2 amide bonds. The first-order valence-electron chi connectivity index (χ1n) is 10.1. The predicted octanol–water partition coefficient (Wildman–Crippen LogP) is 2.53. The van der Waals surface area contributed by atoms with Gasteiger partial charge in [0.15, 0.2) is 11.6 Å². The quantitative estimate of drug-likeness (QED) is 0.678. The molecule has 1 aromatic carbocycles. The van der Waals surface area contributed by atoms with Crippen LogP contribution in [0.15, 0.2) is 12.1 Å². The van der Waals surface area contributed by atoms with E-state index in [4.69, 9.17) is 10.5 Å². The van der Waals surface area contributed by atoms with E-state index in [1.54, 1.807) is 0 Å². The second kappa shape index (κ2) is 11.3. The Hall–Kier alpha value is -2.13. The average Bonchev–Trinajstić information content (AvgIpc) is 2.65. The van der Waals surface area contributed by atoms with Crippen LogP contribution in [-0.4, -0.2) is 54.1 Å². The lowest BCUT2D eigenvalue weighted by Crippen LogP contribution is -2.60. The highest BCUT2D eigenvalue weighted by Gasteiger charge is 2.34. The number of carbonyl (C=O) groups is 2. The molecule has 1 aromatic rings. The number of ether oxygens (including phenoxy) is 1. The molecule has 170 valence electrons. The molecule has 2 atom stereocenters. The van der Waals surface area contributed by atoms with E-state index < -0.39 is 35.1 Å². The molecule has 1 heterocycles. The van der Waals surface area contributed by atoms with Crippen molar-refractivity contribution in [3.05, 3.63) is 35.1 Å². The molecule has 0 bridgehead atoms. The summed E-state index contributed by atoms with van der Waals surface area (Å²) in [6.07, 6.45) is -0.310. The Balaban J connectivity index is 0.00000218. The molecule has 1 saturated heterocycles. The van der Waals surface area contributed by atoms with Crippen molar-refractivity contribution in [1.82, 2.24) is 10.2 Å². The summed E-state index contributed by atoms with van der Waals surface area (Å²) >= 11 is 0. The number of hydrogen-bond donors (Lipinski definition) is 2. The van der Waals surface area contributed by atoms with E-state index in [1.165, 1.54) is 4.90 Å². The summed E-state index contributed by atoms with van der Waals surface area (Å²) in [5.74, 6) is -4.08. The van der Waals surface area contributed by atoms with Gasteiger partial charge in [0.05, 0.1) is 12.2 Å². The Morgan fingerprint density at radius 1 is 1.23 bits per heavy atom. The minimum Gasteiger partial charge on any atom is -0.373 e. The third-order valence-corrected chi connectivity index (χ3v) is 4.33. The van der Waals surface area contributed by atoms with Gasteiger partial charge in [0.25, 0.3) is 0 Å². The number of halogens is 3. The molecule has 3 N–H and O–H groups in total. The first-order chi connectivity index (χ1) is 14.0. The number of nitrogens with two attached hydrogens (primary N) is 1. The normalized spacial score (nSPS) is 17.7. The van der Waals surface area contributed by atoms with Crippen LogP contribution in [0.1, 0.15) is 46.6 Å². The lowest BCUT2D eigenvalue weighted by atomic mass is 10.0. The van der Waals surface area contributed by atoms with Gasteiger partial charge in [-0.1, -0.05) is 13.8 Å². The fraction of sp³-hybridized carbons (Fsp3) is 0.619. The molecular formula is C21H32F3N3O3. The number of nitrogens with one attached hydrogen (secondary N) is 1. The van der Waals surface area contributed by atoms with Crippen molar-refractivity contribution in [3.8, 4) is 0 Å². The molecule has 9 heteroatoms. The van der Waals surface area contributed by atoms with E-state index in [9.17, 15) is 22.8 Å². The maximum atomic E-state index is 13.8. The van der Waals surface area contributed by atoms with Crippen LogP contribution < -0.4 is 11.1 Å². The summed E-state index contributed by atoms with van der Waals surface area (Å²) in [5, 5.41) is 2.69. The van der Waals surface area contributed by atoms with Gasteiger partial charge < -0.3 is 20.7 Å². The van der Waals surface area contributed by atoms with Gasteiger partial charge in [-0.25, -0.2) is 13.2 Å². The smallest absolute Gasteiger partial charge is 0.245 e. The Bertz CT molecular complexity index is 738. The molecule has 1 fully saturated rings. The van der Waals surface area contributed by atoms with E-state index in [1.807, 2.05) is 34.6 Å². The van der Waals surface area contributed by atoms with Gasteiger partial charge in [-0.15, -0.1) is 0 Å². The van der Waals surface area contributed by atoms with Crippen molar-refractivity contribution in [2.45, 2.75) is 65.1 Å². The van der Waals surface area contributed by atoms with Crippen molar-refractivity contribution in [2.24, 2.45) is 5.73 Å². The number of rotatable bonds is 6. The fourth-order valence-electron chi connectivity index (χ4n) is 2.92. The van der Waals surface area contributed by atoms with Crippen LogP contribution in [0.5, 0.6) is 0 Å². The molecule has 0 radical (unpaired) electrons. The lowest BCUT2D eigenvalue weighted by Gasteiger charge is -2.36. The predicted molar refractivity (Wildman–Crippen MR) is 108 cm³/mol. The summed E-state index contributed by atoms with van der Waals surface area (Å²) in [7, 11) is 0. The van der Waals surface area contributed by atoms with Gasteiger partial charge in [0, 0.05) is 31.6 Å². The summed E-state index contributed by atoms with van der Waals surface area (Å²) in [6, 6.07) is -0.411. The third-order valence-electron chi connectivity index (χ3n) is 4.33. The largest absolute Gasteiger partial charge is 0.373 e. The van der Waals surface area contributed by atoms with Crippen LogP contribution in [0.4, 0.5) is 13.2 Å². The van der Waals surface area contributed by atoms with Crippen LogP contribution in [0, 0.1) is 17.5 Å².